The van der Waals surface area contributed by atoms with Crippen molar-refractivity contribution in [3.05, 3.63) is 34.8 Å². The number of nitrogen functional groups attached to an aromatic ring is 1. The van der Waals surface area contributed by atoms with Crippen molar-refractivity contribution >= 4 is 21.7 Å². The van der Waals surface area contributed by atoms with Crippen molar-refractivity contribution in [2.75, 3.05) is 5.73 Å². The van der Waals surface area contributed by atoms with Gasteiger partial charge in [0.1, 0.15) is 17.3 Å². The topological polar surface area (TPSA) is 43.8 Å². The molecular weight excluding hydrogens is 285 g/mol. The number of hydrogen-bond donors (Lipinski definition) is 1. The van der Waals surface area contributed by atoms with E-state index in [1.165, 1.54) is 6.07 Å². The summed E-state index contributed by atoms with van der Waals surface area (Å²) >= 11 is 3.22. The van der Waals surface area contributed by atoms with Crippen LogP contribution in [-0.4, -0.2) is 9.55 Å². The van der Waals surface area contributed by atoms with Gasteiger partial charge >= 0.3 is 0 Å². The molecule has 0 fully saturated rings. The predicted octanol–water partition coefficient (Wildman–Crippen LogP) is 3.44. The minimum atomic E-state index is -0.326. The molecule has 0 spiro atoms. The molecule has 90 valence electrons. The molecule has 0 aliphatic carbocycles. The van der Waals surface area contributed by atoms with Gasteiger partial charge in [-0.25, -0.2) is 9.37 Å². The fourth-order valence-electron chi connectivity index (χ4n) is 1.70. The van der Waals surface area contributed by atoms with Crippen LogP contribution in [0.1, 0.15) is 13.3 Å². The molecule has 0 amide bonds. The van der Waals surface area contributed by atoms with E-state index in [2.05, 4.69) is 27.8 Å². The zero-order valence-electron chi connectivity index (χ0n) is 9.45. The van der Waals surface area contributed by atoms with Crippen molar-refractivity contribution < 1.29 is 4.39 Å². The summed E-state index contributed by atoms with van der Waals surface area (Å²) in [6.45, 7) is 2.84. The van der Waals surface area contributed by atoms with Crippen LogP contribution in [0.15, 0.2) is 29.0 Å². The fourth-order valence-corrected chi connectivity index (χ4v) is 2.03. The molecule has 2 aromatic rings. The predicted molar refractivity (Wildman–Crippen MR) is 70.0 cm³/mol. The highest BCUT2D eigenvalue weighted by Gasteiger charge is 2.13. The third-order valence-electron chi connectivity index (χ3n) is 2.53. The summed E-state index contributed by atoms with van der Waals surface area (Å²) in [5.41, 5.74) is 6.88. The molecule has 0 aliphatic rings. The number of nitrogens with two attached hydrogens (primary N) is 1. The zero-order chi connectivity index (χ0) is 12.4. The molecule has 0 unspecified atom stereocenters. The first-order valence-electron chi connectivity index (χ1n) is 5.39. The molecule has 0 aliphatic heterocycles. The molecule has 3 nitrogen and oxygen atoms in total. The molecule has 0 saturated heterocycles. The molecule has 17 heavy (non-hydrogen) atoms. The SMILES string of the molecule is CCCn1cnc(-c2ccc(Br)cc2F)c1N. The van der Waals surface area contributed by atoms with Gasteiger partial charge in [-0.15, -0.1) is 0 Å². The van der Waals surface area contributed by atoms with E-state index in [-0.39, 0.29) is 5.82 Å². The Hall–Kier alpha value is -1.36. The highest BCUT2D eigenvalue weighted by Crippen LogP contribution is 2.28. The number of nitrogens with zero attached hydrogens (tertiary/aromatic N) is 2. The highest BCUT2D eigenvalue weighted by atomic mass is 79.9. The lowest BCUT2D eigenvalue weighted by Gasteiger charge is -2.05. The van der Waals surface area contributed by atoms with E-state index in [0.29, 0.717) is 21.5 Å². The summed E-state index contributed by atoms with van der Waals surface area (Å²) in [5.74, 6) is 0.181. The number of anilines is 1. The van der Waals surface area contributed by atoms with Gasteiger partial charge < -0.3 is 10.3 Å². The van der Waals surface area contributed by atoms with Crippen molar-refractivity contribution in [3.63, 3.8) is 0 Å². The fraction of sp³-hybridized carbons (Fsp3) is 0.250. The van der Waals surface area contributed by atoms with Crippen LogP contribution in [0, 0.1) is 5.82 Å². The van der Waals surface area contributed by atoms with Crippen LogP contribution < -0.4 is 5.73 Å². The summed E-state index contributed by atoms with van der Waals surface area (Å²) in [7, 11) is 0. The third-order valence-corrected chi connectivity index (χ3v) is 3.02. The number of aromatic nitrogens is 2. The first kappa shape index (κ1) is 12.1. The summed E-state index contributed by atoms with van der Waals surface area (Å²) in [6.07, 6.45) is 2.61. The molecule has 1 aromatic heterocycles. The Kier molecular flexibility index (Phi) is 3.47. The Morgan fingerprint density at radius 2 is 2.24 bits per heavy atom. The van der Waals surface area contributed by atoms with Crippen molar-refractivity contribution in [3.8, 4) is 11.3 Å². The van der Waals surface area contributed by atoms with Crippen LogP contribution in [0.3, 0.4) is 0 Å². The molecule has 2 N–H and O–H groups in total. The molecule has 0 atom stereocenters. The monoisotopic (exact) mass is 297 g/mol. The van der Waals surface area contributed by atoms with Gasteiger partial charge in [0.15, 0.2) is 0 Å². The molecule has 5 heteroatoms. The van der Waals surface area contributed by atoms with Crippen molar-refractivity contribution in [2.24, 2.45) is 0 Å². The highest BCUT2D eigenvalue weighted by molar-refractivity contribution is 9.10. The van der Waals surface area contributed by atoms with Crippen molar-refractivity contribution in [1.29, 1.82) is 0 Å². The van der Waals surface area contributed by atoms with Crippen molar-refractivity contribution in [1.82, 2.24) is 9.55 Å². The largest absolute Gasteiger partial charge is 0.383 e. The average molecular weight is 298 g/mol. The standard InChI is InChI=1S/C12H13BrFN3/c1-2-5-17-7-16-11(12(17)15)9-4-3-8(13)6-10(9)14/h3-4,6-7H,2,5,15H2,1H3. The van der Waals surface area contributed by atoms with Gasteiger partial charge in [0.2, 0.25) is 0 Å². The van der Waals surface area contributed by atoms with E-state index >= 15 is 0 Å². The van der Waals surface area contributed by atoms with Crippen molar-refractivity contribution in [2.45, 2.75) is 19.9 Å². The average Bonchev–Trinajstić information content (AvgIpc) is 2.62. The van der Waals surface area contributed by atoms with Gasteiger partial charge in [0.25, 0.3) is 0 Å². The second-order valence-electron chi connectivity index (χ2n) is 3.80. The Bertz CT molecular complexity index is 537. The molecule has 1 heterocycles. The maximum Gasteiger partial charge on any atom is 0.133 e. The molecular formula is C12H13BrFN3. The van der Waals surface area contributed by atoms with Crippen LogP contribution in [0.5, 0.6) is 0 Å². The van der Waals surface area contributed by atoms with Crippen LogP contribution in [0.2, 0.25) is 0 Å². The third kappa shape index (κ3) is 2.34. The normalized spacial score (nSPS) is 10.8. The number of aryl methyl sites for hydroxylation is 1. The molecule has 0 bridgehead atoms. The van der Waals surface area contributed by atoms with Gasteiger partial charge in [-0.05, 0) is 24.6 Å². The Balaban J connectivity index is 2.46. The number of benzene rings is 1. The van der Waals surface area contributed by atoms with E-state index in [1.54, 1.807) is 18.5 Å². The molecule has 0 saturated carbocycles. The number of hydrogen-bond acceptors (Lipinski definition) is 2. The quantitative estimate of drug-likeness (QED) is 0.943. The first-order chi connectivity index (χ1) is 8.13. The Morgan fingerprint density at radius 1 is 1.47 bits per heavy atom. The first-order valence-corrected chi connectivity index (χ1v) is 6.18. The minimum Gasteiger partial charge on any atom is -0.383 e. The number of imidazole rings is 1. The van der Waals surface area contributed by atoms with E-state index in [9.17, 15) is 4.39 Å². The second kappa shape index (κ2) is 4.87. The molecule has 1 aromatic carbocycles. The summed E-state index contributed by atoms with van der Waals surface area (Å²) in [4.78, 5) is 4.18. The van der Waals surface area contributed by atoms with Crippen LogP contribution >= 0.6 is 15.9 Å². The smallest absolute Gasteiger partial charge is 0.133 e. The number of rotatable bonds is 3. The van der Waals surface area contributed by atoms with E-state index in [0.717, 1.165) is 13.0 Å². The Morgan fingerprint density at radius 3 is 2.88 bits per heavy atom. The maximum atomic E-state index is 13.8. The van der Waals surface area contributed by atoms with Gasteiger partial charge in [0, 0.05) is 16.6 Å². The molecule has 0 radical (unpaired) electrons. The summed E-state index contributed by atoms with van der Waals surface area (Å²) in [6, 6.07) is 4.86. The summed E-state index contributed by atoms with van der Waals surface area (Å²) in [5, 5.41) is 0. The lowest BCUT2D eigenvalue weighted by molar-refractivity contribution is 0.630. The minimum absolute atomic E-state index is 0.326. The van der Waals surface area contributed by atoms with Gasteiger partial charge in [-0.2, -0.15) is 0 Å². The van der Waals surface area contributed by atoms with Crippen LogP contribution in [0.25, 0.3) is 11.3 Å². The van der Waals surface area contributed by atoms with E-state index in [4.69, 9.17) is 5.73 Å². The lowest BCUT2D eigenvalue weighted by Crippen LogP contribution is -2.01. The van der Waals surface area contributed by atoms with E-state index < -0.39 is 0 Å². The lowest BCUT2D eigenvalue weighted by atomic mass is 10.1. The zero-order valence-corrected chi connectivity index (χ0v) is 11.0. The van der Waals surface area contributed by atoms with Crippen LogP contribution in [-0.2, 0) is 6.54 Å². The van der Waals surface area contributed by atoms with Gasteiger partial charge in [-0.3, -0.25) is 0 Å². The maximum absolute atomic E-state index is 13.8. The Labute approximate surface area is 108 Å². The number of halogens is 2. The second-order valence-corrected chi connectivity index (χ2v) is 4.71. The van der Waals surface area contributed by atoms with Gasteiger partial charge in [0.05, 0.1) is 6.33 Å². The summed E-state index contributed by atoms with van der Waals surface area (Å²) < 4.78 is 16.3. The van der Waals surface area contributed by atoms with E-state index in [1.807, 2.05) is 4.57 Å². The van der Waals surface area contributed by atoms with Gasteiger partial charge in [-0.1, -0.05) is 22.9 Å². The van der Waals surface area contributed by atoms with Crippen LogP contribution in [0.4, 0.5) is 10.2 Å². The molecule has 2 rings (SSSR count).